The Balaban J connectivity index is 2.27. The fourth-order valence-electron chi connectivity index (χ4n) is 2.39. The van der Waals surface area contributed by atoms with Crippen LogP contribution in [0.15, 0.2) is 18.2 Å². The Morgan fingerprint density at radius 3 is 2.53 bits per heavy atom. The van der Waals surface area contributed by atoms with E-state index in [2.05, 4.69) is 26.0 Å². The zero-order valence-corrected chi connectivity index (χ0v) is 10.8. The second-order valence-electron chi connectivity index (χ2n) is 5.42. The number of hydrogen-bond acceptors (Lipinski definition) is 3. The van der Waals surface area contributed by atoms with Crippen molar-refractivity contribution in [2.45, 2.75) is 38.6 Å². The minimum Gasteiger partial charge on any atom is -0.486 e. The number of rotatable bonds is 3. The quantitative estimate of drug-likeness (QED) is 0.875. The maximum Gasteiger partial charge on any atom is 0.161 e. The van der Waals surface area contributed by atoms with Crippen LogP contribution in [0.4, 0.5) is 0 Å². The van der Waals surface area contributed by atoms with Gasteiger partial charge in [-0.2, -0.15) is 0 Å². The molecule has 0 saturated carbocycles. The van der Waals surface area contributed by atoms with Crippen LogP contribution in [0.5, 0.6) is 11.5 Å². The maximum atomic E-state index is 5.90. The summed E-state index contributed by atoms with van der Waals surface area (Å²) in [7, 11) is 0. The van der Waals surface area contributed by atoms with E-state index in [-0.39, 0.29) is 11.5 Å². The fourth-order valence-corrected chi connectivity index (χ4v) is 2.39. The standard InChI is InChI=1S/C14H21NO2/c1-10(15)9-14(2,3)11-4-5-12-13(8-11)17-7-6-16-12/h4-5,8,10H,6-7,9,15H2,1-3H3. The summed E-state index contributed by atoms with van der Waals surface area (Å²) in [6.45, 7) is 7.73. The molecule has 1 aromatic carbocycles. The lowest BCUT2D eigenvalue weighted by Crippen LogP contribution is -2.28. The van der Waals surface area contributed by atoms with E-state index in [4.69, 9.17) is 15.2 Å². The van der Waals surface area contributed by atoms with E-state index in [9.17, 15) is 0 Å². The first kappa shape index (κ1) is 12.2. The first-order chi connectivity index (χ1) is 7.99. The second kappa shape index (κ2) is 4.57. The molecule has 0 spiro atoms. The van der Waals surface area contributed by atoms with Crippen LogP contribution in [-0.2, 0) is 5.41 Å². The summed E-state index contributed by atoms with van der Waals surface area (Å²) in [6.07, 6.45) is 0.951. The topological polar surface area (TPSA) is 44.5 Å². The Hall–Kier alpha value is -1.22. The van der Waals surface area contributed by atoms with E-state index in [1.54, 1.807) is 0 Å². The van der Waals surface area contributed by atoms with Gasteiger partial charge in [0.1, 0.15) is 13.2 Å². The van der Waals surface area contributed by atoms with Crippen LogP contribution in [0.25, 0.3) is 0 Å². The van der Waals surface area contributed by atoms with Crippen molar-refractivity contribution in [3.05, 3.63) is 23.8 Å². The lowest BCUT2D eigenvalue weighted by Gasteiger charge is -2.29. The van der Waals surface area contributed by atoms with Crippen LogP contribution in [0.2, 0.25) is 0 Å². The fraction of sp³-hybridized carbons (Fsp3) is 0.571. The van der Waals surface area contributed by atoms with Crippen molar-refractivity contribution >= 4 is 0 Å². The van der Waals surface area contributed by atoms with E-state index >= 15 is 0 Å². The van der Waals surface area contributed by atoms with Gasteiger partial charge in [0.05, 0.1) is 0 Å². The molecule has 0 aliphatic carbocycles. The molecule has 17 heavy (non-hydrogen) atoms. The van der Waals surface area contributed by atoms with E-state index in [0.29, 0.717) is 13.2 Å². The van der Waals surface area contributed by atoms with E-state index in [1.165, 1.54) is 5.56 Å². The molecular weight excluding hydrogens is 214 g/mol. The van der Waals surface area contributed by atoms with Gasteiger partial charge in [0.25, 0.3) is 0 Å². The molecule has 1 heterocycles. The molecule has 2 N–H and O–H groups in total. The molecule has 0 amide bonds. The Morgan fingerprint density at radius 2 is 1.88 bits per heavy atom. The normalized spacial score (nSPS) is 16.7. The molecule has 0 aromatic heterocycles. The highest BCUT2D eigenvalue weighted by atomic mass is 16.6. The van der Waals surface area contributed by atoms with Gasteiger partial charge in [0.2, 0.25) is 0 Å². The summed E-state index contributed by atoms with van der Waals surface area (Å²) in [5.74, 6) is 1.70. The predicted molar refractivity (Wildman–Crippen MR) is 68.7 cm³/mol. The first-order valence-electron chi connectivity index (χ1n) is 6.15. The molecule has 1 atom stereocenters. The summed E-state index contributed by atoms with van der Waals surface area (Å²) >= 11 is 0. The third kappa shape index (κ3) is 2.72. The molecular formula is C14H21NO2. The third-order valence-electron chi connectivity index (χ3n) is 3.16. The largest absolute Gasteiger partial charge is 0.486 e. The highest BCUT2D eigenvalue weighted by molar-refractivity contribution is 5.45. The Labute approximate surface area is 103 Å². The molecule has 3 heteroatoms. The second-order valence-corrected chi connectivity index (χ2v) is 5.42. The van der Waals surface area contributed by atoms with Crippen molar-refractivity contribution in [2.24, 2.45) is 5.73 Å². The Kier molecular flexibility index (Phi) is 3.29. The Bertz CT molecular complexity index is 399. The number of fused-ring (bicyclic) bond motifs is 1. The van der Waals surface area contributed by atoms with Gasteiger partial charge in [0, 0.05) is 6.04 Å². The average molecular weight is 235 g/mol. The first-order valence-corrected chi connectivity index (χ1v) is 6.15. The van der Waals surface area contributed by atoms with E-state index < -0.39 is 0 Å². The summed E-state index contributed by atoms with van der Waals surface area (Å²) in [4.78, 5) is 0. The van der Waals surface area contributed by atoms with Crippen LogP contribution >= 0.6 is 0 Å². The molecule has 0 radical (unpaired) electrons. The molecule has 1 aromatic rings. The van der Waals surface area contributed by atoms with Crippen molar-refractivity contribution in [3.63, 3.8) is 0 Å². The molecule has 1 unspecified atom stereocenters. The SMILES string of the molecule is CC(N)CC(C)(C)c1ccc2c(c1)OCCO2. The molecule has 0 saturated heterocycles. The third-order valence-corrected chi connectivity index (χ3v) is 3.16. The summed E-state index contributed by atoms with van der Waals surface area (Å²) in [6, 6.07) is 6.37. The highest BCUT2D eigenvalue weighted by Crippen LogP contribution is 2.36. The van der Waals surface area contributed by atoms with Crippen LogP contribution < -0.4 is 15.2 Å². The number of benzene rings is 1. The van der Waals surface area contributed by atoms with Gasteiger partial charge in [-0.05, 0) is 36.5 Å². The number of ether oxygens (including phenoxy) is 2. The van der Waals surface area contributed by atoms with Crippen molar-refractivity contribution in [1.29, 1.82) is 0 Å². The molecule has 3 nitrogen and oxygen atoms in total. The van der Waals surface area contributed by atoms with Gasteiger partial charge >= 0.3 is 0 Å². The smallest absolute Gasteiger partial charge is 0.161 e. The minimum atomic E-state index is 0.0595. The zero-order chi connectivity index (χ0) is 12.5. The lowest BCUT2D eigenvalue weighted by molar-refractivity contribution is 0.171. The monoisotopic (exact) mass is 235 g/mol. The lowest BCUT2D eigenvalue weighted by atomic mass is 9.79. The van der Waals surface area contributed by atoms with Crippen LogP contribution in [-0.4, -0.2) is 19.3 Å². The van der Waals surface area contributed by atoms with Crippen molar-refractivity contribution in [1.82, 2.24) is 0 Å². The maximum absolute atomic E-state index is 5.90. The molecule has 2 rings (SSSR count). The molecule has 0 bridgehead atoms. The molecule has 1 aliphatic heterocycles. The summed E-state index contributed by atoms with van der Waals surface area (Å²) in [5, 5.41) is 0. The van der Waals surface area contributed by atoms with Gasteiger partial charge < -0.3 is 15.2 Å². The van der Waals surface area contributed by atoms with Gasteiger partial charge in [-0.3, -0.25) is 0 Å². The summed E-state index contributed by atoms with van der Waals surface area (Å²) < 4.78 is 11.1. The minimum absolute atomic E-state index is 0.0595. The van der Waals surface area contributed by atoms with Crippen molar-refractivity contribution < 1.29 is 9.47 Å². The number of hydrogen-bond donors (Lipinski definition) is 1. The number of nitrogens with two attached hydrogens (primary N) is 1. The predicted octanol–water partition coefficient (Wildman–Crippen LogP) is 2.47. The molecule has 0 fully saturated rings. The van der Waals surface area contributed by atoms with Gasteiger partial charge in [-0.1, -0.05) is 19.9 Å². The van der Waals surface area contributed by atoms with Crippen molar-refractivity contribution in [3.8, 4) is 11.5 Å². The summed E-state index contributed by atoms with van der Waals surface area (Å²) in [5.41, 5.74) is 7.21. The van der Waals surface area contributed by atoms with Gasteiger partial charge in [-0.15, -0.1) is 0 Å². The van der Waals surface area contributed by atoms with Crippen LogP contribution in [0.3, 0.4) is 0 Å². The van der Waals surface area contributed by atoms with Gasteiger partial charge in [0.15, 0.2) is 11.5 Å². The molecule has 1 aliphatic rings. The van der Waals surface area contributed by atoms with Gasteiger partial charge in [-0.25, -0.2) is 0 Å². The zero-order valence-electron chi connectivity index (χ0n) is 10.8. The van der Waals surface area contributed by atoms with Crippen LogP contribution in [0.1, 0.15) is 32.8 Å². The highest BCUT2D eigenvalue weighted by Gasteiger charge is 2.24. The van der Waals surface area contributed by atoms with Crippen molar-refractivity contribution in [2.75, 3.05) is 13.2 Å². The molecule has 94 valence electrons. The van der Waals surface area contributed by atoms with E-state index in [1.807, 2.05) is 13.0 Å². The van der Waals surface area contributed by atoms with Crippen LogP contribution in [0, 0.1) is 0 Å². The van der Waals surface area contributed by atoms with E-state index in [0.717, 1.165) is 17.9 Å². The Morgan fingerprint density at radius 1 is 1.24 bits per heavy atom. The average Bonchev–Trinajstić information content (AvgIpc) is 2.26.